The fourth-order valence-corrected chi connectivity index (χ4v) is 3.12. The van der Waals surface area contributed by atoms with E-state index in [1.54, 1.807) is 42.7 Å². The Morgan fingerprint density at radius 2 is 1.93 bits per heavy atom. The predicted octanol–water partition coefficient (Wildman–Crippen LogP) is 5.49. The van der Waals surface area contributed by atoms with Gasteiger partial charge in [0.2, 0.25) is 0 Å². The first-order chi connectivity index (χ1) is 13.5. The Kier molecular flexibility index (Phi) is 7.03. The summed E-state index contributed by atoms with van der Waals surface area (Å²) in [5.74, 6) is 0.264. The van der Waals surface area contributed by atoms with Crippen LogP contribution in [0.25, 0.3) is 0 Å². The molecule has 28 heavy (non-hydrogen) atoms. The van der Waals surface area contributed by atoms with Gasteiger partial charge in [0.1, 0.15) is 12.4 Å². The Labute approximate surface area is 180 Å². The smallest absolute Gasteiger partial charge is 0.271 e. The number of amides is 1. The number of nitrogens with one attached hydrogen (secondary N) is 1. The SMILES string of the molecule is O=C(NN=Cc1cc(Br)ccc1OCc1ccc(Cl)cc1Cl)c1ccncc1. The molecule has 1 heterocycles. The summed E-state index contributed by atoms with van der Waals surface area (Å²) in [6, 6.07) is 13.9. The third-order valence-corrected chi connectivity index (χ3v) is 4.76. The van der Waals surface area contributed by atoms with Crippen LogP contribution in [0.5, 0.6) is 5.75 Å². The summed E-state index contributed by atoms with van der Waals surface area (Å²) in [6.07, 6.45) is 4.60. The molecular formula is C20H14BrCl2N3O2. The molecule has 0 saturated heterocycles. The average molecular weight is 479 g/mol. The van der Waals surface area contributed by atoms with Crippen molar-refractivity contribution >= 4 is 51.3 Å². The highest BCUT2D eigenvalue weighted by Crippen LogP contribution is 2.25. The van der Waals surface area contributed by atoms with Crippen LogP contribution in [0.4, 0.5) is 0 Å². The first-order valence-corrected chi connectivity index (χ1v) is 9.67. The Hall–Kier alpha value is -2.41. The number of hydrazone groups is 1. The van der Waals surface area contributed by atoms with E-state index in [9.17, 15) is 4.79 Å². The Morgan fingerprint density at radius 1 is 1.14 bits per heavy atom. The van der Waals surface area contributed by atoms with Gasteiger partial charge in [0.15, 0.2) is 0 Å². The normalized spacial score (nSPS) is 10.8. The molecule has 0 saturated carbocycles. The highest BCUT2D eigenvalue weighted by atomic mass is 79.9. The minimum atomic E-state index is -0.330. The Balaban J connectivity index is 1.70. The van der Waals surface area contributed by atoms with Gasteiger partial charge in [-0.3, -0.25) is 9.78 Å². The van der Waals surface area contributed by atoms with Crippen molar-refractivity contribution < 1.29 is 9.53 Å². The lowest BCUT2D eigenvalue weighted by Gasteiger charge is -2.11. The number of halogens is 3. The third kappa shape index (κ3) is 5.55. The maximum atomic E-state index is 12.0. The molecule has 0 aliphatic rings. The molecule has 1 N–H and O–H groups in total. The standard InChI is InChI=1S/C20H14BrCl2N3O2/c21-16-2-4-19(28-12-14-1-3-17(22)10-18(14)23)15(9-16)11-25-26-20(27)13-5-7-24-8-6-13/h1-11H,12H2,(H,26,27). The van der Waals surface area contributed by atoms with Gasteiger partial charge in [-0.15, -0.1) is 0 Å². The van der Waals surface area contributed by atoms with E-state index < -0.39 is 0 Å². The molecule has 3 rings (SSSR count). The van der Waals surface area contributed by atoms with Crippen molar-refractivity contribution in [3.63, 3.8) is 0 Å². The van der Waals surface area contributed by atoms with Crippen LogP contribution in [-0.2, 0) is 6.61 Å². The largest absolute Gasteiger partial charge is 0.488 e. The van der Waals surface area contributed by atoms with Gasteiger partial charge in [0.25, 0.3) is 5.91 Å². The number of hydrogen-bond acceptors (Lipinski definition) is 4. The van der Waals surface area contributed by atoms with Crippen molar-refractivity contribution in [1.29, 1.82) is 0 Å². The van der Waals surface area contributed by atoms with Crippen molar-refractivity contribution in [2.75, 3.05) is 0 Å². The van der Waals surface area contributed by atoms with E-state index in [0.717, 1.165) is 10.0 Å². The second-order valence-corrected chi connectivity index (χ2v) is 7.40. The monoisotopic (exact) mass is 477 g/mol. The molecule has 0 bridgehead atoms. The molecule has 1 aromatic heterocycles. The zero-order valence-electron chi connectivity index (χ0n) is 14.4. The van der Waals surface area contributed by atoms with Crippen LogP contribution >= 0.6 is 39.1 Å². The molecule has 0 unspecified atom stereocenters. The van der Waals surface area contributed by atoms with Crippen molar-refractivity contribution in [2.45, 2.75) is 6.61 Å². The molecule has 3 aromatic rings. The van der Waals surface area contributed by atoms with E-state index in [1.165, 1.54) is 6.21 Å². The van der Waals surface area contributed by atoms with E-state index in [1.807, 2.05) is 18.2 Å². The molecule has 1 amide bonds. The van der Waals surface area contributed by atoms with Gasteiger partial charge in [-0.1, -0.05) is 45.2 Å². The van der Waals surface area contributed by atoms with Crippen LogP contribution in [-0.4, -0.2) is 17.1 Å². The van der Waals surface area contributed by atoms with Crippen molar-refractivity contribution in [3.8, 4) is 5.75 Å². The van der Waals surface area contributed by atoms with Gasteiger partial charge >= 0.3 is 0 Å². The highest BCUT2D eigenvalue weighted by Gasteiger charge is 2.07. The second kappa shape index (κ2) is 9.68. The van der Waals surface area contributed by atoms with E-state index in [-0.39, 0.29) is 12.5 Å². The number of pyridine rings is 1. The van der Waals surface area contributed by atoms with Crippen LogP contribution in [0.3, 0.4) is 0 Å². The summed E-state index contributed by atoms with van der Waals surface area (Å²) >= 11 is 15.5. The molecule has 0 aliphatic carbocycles. The van der Waals surface area contributed by atoms with E-state index in [0.29, 0.717) is 26.9 Å². The van der Waals surface area contributed by atoms with Gasteiger partial charge in [-0.2, -0.15) is 5.10 Å². The molecular weight excluding hydrogens is 465 g/mol. The molecule has 2 aromatic carbocycles. The molecule has 8 heteroatoms. The maximum absolute atomic E-state index is 12.0. The number of nitrogens with zero attached hydrogens (tertiary/aromatic N) is 2. The van der Waals surface area contributed by atoms with Crippen molar-refractivity contribution in [2.24, 2.45) is 5.10 Å². The highest BCUT2D eigenvalue weighted by molar-refractivity contribution is 9.10. The first kappa shape index (κ1) is 20.3. The number of benzene rings is 2. The van der Waals surface area contributed by atoms with Crippen LogP contribution in [0.15, 0.2) is 70.5 Å². The third-order valence-electron chi connectivity index (χ3n) is 3.68. The zero-order chi connectivity index (χ0) is 19.9. The molecule has 0 atom stereocenters. The van der Waals surface area contributed by atoms with E-state index in [4.69, 9.17) is 27.9 Å². The summed E-state index contributed by atoms with van der Waals surface area (Å²) in [5.41, 5.74) is 4.44. The van der Waals surface area contributed by atoms with Crippen LogP contribution in [0.1, 0.15) is 21.5 Å². The van der Waals surface area contributed by atoms with Gasteiger partial charge in [-0.05, 0) is 42.5 Å². The van der Waals surface area contributed by atoms with E-state index in [2.05, 4.69) is 31.4 Å². The zero-order valence-corrected chi connectivity index (χ0v) is 17.5. The molecule has 0 radical (unpaired) electrons. The molecule has 5 nitrogen and oxygen atoms in total. The molecule has 0 fully saturated rings. The number of carbonyl (C=O) groups excluding carboxylic acids is 1. The minimum Gasteiger partial charge on any atom is -0.488 e. The quantitative estimate of drug-likeness (QED) is 0.376. The fraction of sp³-hybridized carbons (Fsp3) is 0.0500. The predicted molar refractivity (Wildman–Crippen MR) is 114 cm³/mol. The topological polar surface area (TPSA) is 63.6 Å². The van der Waals surface area contributed by atoms with Gasteiger partial charge in [0.05, 0.1) is 6.21 Å². The van der Waals surface area contributed by atoms with Crippen LogP contribution in [0, 0.1) is 0 Å². The van der Waals surface area contributed by atoms with Crippen LogP contribution < -0.4 is 10.2 Å². The summed E-state index contributed by atoms with van der Waals surface area (Å²) in [7, 11) is 0. The number of aromatic nitrogens is 1. The molecule has 142 valence electrons. The van der Waals surface area contributed by atoms with Crippen LogP contribution in [0.2, 0.25) is 10.0 Å². The first-order valence-electron chi connectivity index (χ1n) is 8.12. The van der Waals surface area contributed by atoms with Crippen molar-refractivity contribution in [1.82, 2.24) is 10.4 Å². The Bertz CT molecular complexity index is 1010. The van der Waals surface area contributed by atoms with Gasteiger partial charge in [0, 0.05) is 43.6 Å². The lowest BCUT2D eigenvalue weighted by molar-refractivity contribution is 0.0955. The fourth-order valence-electron chi connectivity index (χ4n) is 2.27. The summed E-state index contributed by atoms with van der Waals surface area (Å²) < 4.78 is 6.73. The summed E-state index contributed by atoms with van der Waals surface area (Å²) in [6.45, 7) is 0.266. The lowest BCUT2D eigenvalue weighted by atomic mass is 10.2. The minimum absolute atomic E-state index is 0.266. The Morgan fingerprint density at radius 3 is 2.68 bits per heavy atom. The van der Waals surface area contributed by atoms with E-state index >= 15 is 0 Å². The number of hydrogen-bond donors (Lipinski definition) is 1. The summed E-state index contributed by atoms with van der Waals surface area (Å²) in [4.78, 5) is 15.9. The molecule has 0 spiro atoms. The molecule has 0 aliphatic heterocycles. The summed E-state index contributed by atoms with van der Waals surface area (Å²) in [5, 5.41) is 5.11. The second-order valence-electron chi connectivity index (χ2n) is 5.64. The van der Waals surface area contributed by atoms with Crippen molar-refractivity contribution in [3.05, 3.63) is 92.1 Å². The maximum Gasteiger partial charge on any atom is 0.271 e. The van der Waals surface area contributed by atoms with Gasteiger partial charge < -0.3 is 4.74 Å². The number of carbonyl (C=O) groups is 1. The number of ether oxygens (including phenoxy) is 1. The van der Waals surface area contributed by atoms with Gasteiger partial charge in [-0.25, -0.2) is 5.43 Å². The lowest BCUT2D eigenvalue weighted by Crippen LogP contribution is -2.17. The average Bonchev–Trinajstić information content (AvgIpc) is 2.69. The number of rotatable bonds is 6.